The molecular weight excluding hydrogens is 208 g/mol. The highest BCUT2D eigenvalue weighted by molar-refractivity contribution is 7.05. The van der Waals surface area contributed by atoms with Crippen LogP contribution in [0.4, 0.5) is 0 Å². The smallest absolute Gasteiger partial charge is 0.0917 e. The topological polar surface area (TPSA) is 46.0 Å². The van der Waals surface area contributed by atoms with Gasteiger partial charge in [0.25, 0.3) is 0 Å². The lowest BCUT2D eigenvalue weighted by atomic mass is 10.1. The average molecular weight is 226 g/mol. The summed E-state index contributed by atoms with van der Waals surface area (Å²) in [6.07, 6.45) is 6.79. The number of aliphatic hydroxyl groups excluding tert-OH is 1. The van der Waals surface area contributed by atoms with Crippen molar-refractivity contribution in [1.29, 1.82) is 0 Å². The van der Waals surface area contributed by atoms with E-state index in [1.807, 2.05) is 13.0 Å². The molecule has 1 unspecified atom stereocenters. The predicted molar refractivity (Wildman–Crippen MR) is 62.9 cm³/mol. The van der Waals surface area contributed by atoms with E-state index in [1.165, 1.54) is 11.5 Å². The van der Waals surface area contributed by atoms with E-state index in [4.69, 9.17) is 0 Å². The highest BCUT2D eigenvalue weighted by Gasteiger charge is 2.13. The van der Waals surface area contributed by atoms with Gasteiger partial charge in [-0.05, 0) is 37.7 Å². The lowest BCUT2D eigenvalue weighted by molar-refractivity contribution is 0.166. The number of unbranched alkanes of at least 4 members (excludes halogenated alkanes) is 3. The van der Waals surface area contributed by atoms with E-state index >= 15 is 0 Å². The molecule has 1 aromatic heterocycles. The van der Waals surface area contributed by atoms with Crippen molar-refractivity contribution in [3.63, 3.8) is 0 Å². The lowest BCUT2D eigenvalue weighted by Crippen LogP contribution is -1.96. The second-order valence-corrected chi connectivity index (χ2v) is 4.45. The van der Waals surface area contributed by atoms with Crippen LogP contribution in [0, 0.1) is 6.92 Å². The molecule has 0 saturated carbocycles. The molecule has 15 heavy (non-hydrogen) atoms. The molecular formula is C11H18N2OS. The SMILES string of the molecule is C=CCCCCCC(O)c1snnc1C. The van der Waals surface area contributed by atoms with Crippen LogP contribution in [-0.2, 0) is 0 Å². The fraction of sp³-hybridized carbons (Fsp3) is 0.636. The Kier molecular flexibility index (Phi) is 5.50. The molecule has 0 fully saturated rings. The van der Waals surface area contributed by atoms with Crippen molar-refractivity contribution in [1.82, 2.24) is 9.59 Å². The molecule has 0 amide bonds. The van der Waals surface area contributed by atoms with Gasteiger partial charge in [-0.25, -0.2) is 0 Å². The van der Waals surface area contributed by atoms with Crippen molar-refractivity contribution in [2.75, 3.05) is 0 Å². The summed E-state index contributed by atoms with van der Waals surface area (Å²) >= 11 is 1.30. The molecule has 1 heterocycles. The molecule has 1 atom stereocenters. The molecule has 84 valence electrons. The maximum absolute atomic E-state index is 9.86. The Bertz CT molecular complexity index is 299. The Labute approximate surface area is 95.0 Å². The van der Waals surface area contributed by atoms with E-state index < -0.39 is 0 Å². The molecule has 0 aromatic carbocycles. The standard InChI is InChI=1S/C11H18N2OS/c1-3-4-5-6-7-8-10(14)11-9(2)12-13-15-11/h3,10,14H,1,4-8H2,2H3. The van der Waals surface area contributed by atoms with Crippen LogP contribution in [0.15, 0.2) is 12.7 Å². The number of hydrogen-bond donors (Lipinski definition) is 1. The largest absolute Gasteiger partial charge is 0.387 e. The Hall–Kier alpha value is -0.740. The third-order valence-corrected chi connectivity index (χ3v) is 3.30. The molecule has 1 N–H and O–H groups in total. The summed E-state index contributed by atoms with van der Waals surface area (Å²) < 4.78 is 3.82. The minimum Gasteiger partial charge on any atom is -0.387 e. The van der Waals surface area contributed by atoms with Crippen LogP contribution in [0.1, 0.15) is 48.8 Å². The van der Waals surface area contributed by atoms with Gasteiger partial charge in [-0.2, -0.15) is 0 Å². The van der Waals surface area contributed by atoms with Gasteiger partial charge < -0.3 is 5.11 Å². The molecule has 0 aliphatic carbocycles. The summed E-state index contributed by atoms with van der Waals surface area (Å²) in [6, 6.07) is 0. The van der Waals surface area contributed by atoms with Gasteiger partial charge in [0.05, 0.1) is 16.7 Å². The molecule has 0 saturated heterocycles. The maximum atomic E-state index is 9.86. The first-order valence-corrected chi connectivity index (χ1v) is 6.11. The van der Waals surface area contributed by atoms with Gasteiger partial charge in [0.1, 0.15) is 0 Å². The second kappa shape index (κ2) is 6.69. The normalized spacial score (nSPS) is 12.7. The highest BCUT2D eigenvalue weighted by Crippen LogP contribution is 2.24. The van der Waals surface area contributed by atoms with Crippen LogP contribution in [0.3, 0.4) is 0 Å². The first kappa shape index (κ1) is 12.3. The second-order valence-electron chi connectivity index (χ2n) is 3.67. The highest BCUT2D eigenvalue weighted by atomic mass is 32.1. The molecule has 0 aliphatic heterocycles. The average Bonchev–Trinajstić information content (AvgIpc) is 2.64. The van der Waals surface area contributed by atoms with Crippen LogP contribution < -0.4 is 0 Å². The van der Waals surface area contributed by atoms with Crippen LogP contribution >= 0.6 is 11.5 Å². The molecule has 3 nitrogen and oxygen atoms in total. The molecule has 0 aliphatic rings. The fourth-order valence-corrected chi connectivity index (χ4v) is 2.14. The zero-order chi connectivity index (χ0) is 11.1. The summed E-state index contributed by atoms with van der Waals surface area (Å²) in [6.45, 7) is 5.57. The quantitative estimate of drug-likeness (QED) is 0.574. The Morgan fingerprint density at radius 3 is 2.87 bits per heavy atom. The molecule has 1 aromatic rings. The monoisotopic (exact) mass is 226 g/mol. The Balaban J connectivity index is 2.22. The predicted octanol–water partition coefficient (Wildman–Crippen LogP) is 3.02. The number of aromatic nitrogens is 2. The molecule has 1 rings (SSSR count). The minimum atomic E-state index is -0.381. The van der Waals surface area contributed by atoms with Crippen LogP contribution in [-0.4, -0.2) is 14.7 Å². The zero-order valence-electron chi connectivity index (χ0n) is 9.15. The van der Waals surface area contributed by atoms with Gasteiger partial charge in [-0.3, -0.25) is 0 Å². The number of hydrogen-bond acceptors (Lipinski definition) is 4. The van der Waals surface area contributed by atoms with Gasteiger partial charge in [0.2, 0.25) is 0 Å². The van der Waals surface area contributed by atoms with Crippen LogP contribution in [0.2, 0.25) is 0 Å². The molecule has 0 radical (unpaired) electrons. The first-order chi connectivity index (χ1) is 7.25. The van der Waals surface area contributed by atoms with E-state index in [9.17, 15) is 5.11 Å². The van der Waals surface area contributed by atoms with Crippen molar-refractivity contribution in [3.05, 3.63) is 23.2 Å². The van der Waals surface area contributed by atoms with E-state index in [0.717, 1.165) is 42.7 Å². The maximum Gasteiger partial charge on any atom is 0.0917 e. The van der Waals surface area contributed by atoms with Gasteiger partial charge in [-0.15, -0.1) is 11.7 Å². The lowest BCUT2D eigenvalue weighted by Gasteiger charge is -2.07. The minimum absolute atomic E-state index is 0.381. The third kappa shape index (κ3) is 4.10. The summed E-state index contributed by atoms with van der Waals surface area (Å²) in [5.41, 5.74) is 0.860. The summed E-state index contributed by atoms with van der Waals surface area (Å²) in [5, 5.41) is 13.7. The van der Waals surface area contributed by atoms with E-state index in [1.54, 1.807) is 0 Å². The zero-order valence-corrected chi connectivity index (χ0v) is 9.96. The number of rotatable bonds is 7. The van der Waals surface area contributed by atoms with Crippen molar-refractivity contribution >= 4 is 11.5 Å². The number of allylic oxidation sites excluding steroid dienone is 1. The van der Waals surface area contributed by atoms with Gasteiger partial charge in [0.15, 0.2) is 0 Å². The molecule has 0 bridgehead atoms. The Morgan fingerprint density at radius 1 is 1.47 bits per heavy atom. The third-order valence-electron chi connectivity index (χ3n) is 2.38. The van der Waals surface area contributed by atoms with Crippen molar-refractivity contribution < 1.29 is 5.11 Å². The van der Waals surface area contributed by atoms with Crippen molar-refractivity contribution in [2.45, 2.75) is 45.1 Å². The molecule has 0 spiro atoms. The van der Waals surface area contributed by atoms with Crippen LogP contribution in [0.5, 0.6) is 0 Å². The van der Waals surface area contributed by atoms with Crippen molar-refractivity contribution in [2.24, 2.45) is 0 Å². The number of nitrogens with zero attached hydrogens (tertiary/aromatic N) is 2. The van der Waals surface area contributed by atoms with Crippen LogP contribution in [0.25, 0.3) is 0 Å². The first-order valence-electron chi connectivity index (χ1n) is 5.33. The van der Waals surface area contributed by atoms with E-state index in [2.05, 4.69) is 16.2 Å². The summed E-state index contributed by atoms with van der Waals surface area (Å²) in [4.78, 5) is 0.915. The fourth-order valence-electron chi connectivity index (χ4n) is 1.48. The number of aliphatic hydroxyl groups is 1. The molecule has 4 heteroatoms. The Morgan fingerprint density at radius 2 is 2.27 bits per heavy atom. The van der Waals surface area contributed by atoms with Gasteiger partial charge >= 0.3 is 0 Å². The van der Waals surface area contributed by atoms with Gasteiger partial charge in [0, 0.05) is 0 Å². The van der Waals surface area contributed by atoms with Crippen molar-refractivity contribution in [3.8, 4) is 0 Å². The number of aryl methyl sites for hydroxylation is 1. The van der Waals surface area contributed by atoms with E-state index in [-0.39, 0.29) is 6.10 Å². The van der Waals surface area contributed by atoms with E-state index in [0.29, 0.717) is 0 Å². The summed E-state index contributed by atoms with van der Waals surface area (Å²) in [5.74, 6) is 0. The van der Waals surface area contributed by atoms with Gasteiger partial charge in [-0.1, -0.05) is 23.4 Å². The summed E-state index contributed by atoms with van der Waals surface area (Å²) in [7, 11) is 0.